The van der Waals surface area contributed by atoms with Crippen LogP contribution in [0, 0.1) is 5.92 Å². The summed E-state index contributed by atoms with van der Waals surface area (Å²) in [5.41, 5.74) is 0. The molecule has 0 aromatic carbocycles. The van der Waals surface area contributed by atoms with E-state index in [2.05, 4.69) is 5.32 Å². The highest BCUT2D eigenvalue weighted by Crippen LogP contribution is 2.10. The van der Waals surface area contributed by atoms with E-state index in [1.165, 1.54) is 0 Å². The standard InChI is InChI=1S/C8H12N2O/c11-8(7-5-9-6-7)10-3-1-2-4-10/h1-2,7,9H,3-6H2. The van der Waals surface area contributed by atoms with E-state index in [0.29, 0.717) is 5.91 Å². The Hall–Kier alpha value is -0.830. The van der Waals surface area contributed by atoms with Crippen LogP contribution in [0.3, 0.4) is 0 Å². The van der Waals surface area contributed by atoms with Crippen LogP contribution < -0.4 is 5.32 Å². The molecule has 11 heavy (non-hydrogen) atoms. The number of hydrogen-bond donors (Lipinski definition) is 1. The van der Waals surface area contributed by atoms with Crippen molar-refractivity contribution < 1.29 is 4.79 Å². The second-order valence-electron chi connectivity index (χ2n) is 3.07. The highest BCUT2D eigenvalue weighted by molar-refractivity contribution is 5.80. The van der Waals surface area contributed by atoms with Crippen molar-refractivity contribution in [3.8, 4) is 0 Å². The number of carbonyl (C=O) groups is 1. The minimum atomic E-state index is 0.259. The molecule has 0 radical (unpaired) electrons. The van der Waals surface area contributed by atoms with Crippen LogP contribution in [0.5, 0.6) is 0 Å². The first-order chi connectivity index (χ1) is 5.38. The normalized spacial score (nSPS) is 23.8. The number of nitrogens with zero attached hydrogens (tertiary/aromatic N) is 1. The van der Waals surface area contributed by atoms with Crippen molar-refractivity contribution in [2.24, 2.45) is 5.92 Å². The molecule has 2 aliphatic rings. The quantitative estimate of drug-likeness (QED) is 0.519. The summed E-state index contributed by atoms with van der Waals surface area (Å²) >= 11 is 0. The van der Waals surface area contributed by atoms with E-state index >= 15 is 0 Å². The maximum atomic E-state index is 11.5. The lowest BCUT2D eigenvalue weighted by Crippen LogP contribution is -2.51. The van der Waals surface area contributed by atoms with Gasteiger partial charge in [0.25, 0.3) is 0 Å². The highest BCUT2D eigenvalue weighted by atomic mass is 16.2. The van der Waals surface area contributed by atoms with Gasteiger partial charge in [0.15, 0.2) is 0 Å². The fourth-order valence-electron chi connectivity index (χ4n) is 1.38. The summed E-state index contributed by atoms with van der Waals surface area (Å²) in [6, 6.07) is 0. The molecule has 1 saturated heterocycles. The number of carbonyl (C=O) groups excluding carboxylic acids is 1. The first kappa shape index (κ1) is 6.85. The summed E-state index contributed by atoms with van der Waals surface area (Å²) in [6.07, 6.45) is 4.09. The van der Waals surface area contributed by atoms with E-state index in [-0.39, 0.29) is 5.92 Å². The van der Waals surface area contributed by atoms with Gasteiger partial charge in [-0.3, -0.25) is 4.79 Å². The van der Waals surface area contributed by atoms with Gasteiger partial charge in [0.1, 0.15) is 0 Å². The lowest BCUT2D eigenvalue weighted by molar-refractivity contribution is -0.135. The molecule has 1 amide bonds. The average molecular weight is 152 g/mol. The molecule has 0 spiro atoms. The van der Waals surface area contributed by atoms with Crippen molar-refractivity contribution in [1.29, 1.82) is 0 Å². The van der Waals surface area contributed by atoms with Crippen molar-refractivity contribution >= 4 is 5.91 Å². The van der Waals surface area contributed by atoms with Gasteiger partial charge in [-0.25, -0.2) is 0 Å². The minimum absolute atomic E-state index is 0.259. The summed E-state index contributed by atoms with van der Waals surface area (Å²) in [7, 11) is 0. The molecule has 0 saturated carbocycles. The molecule has 1 fully saturated rings. The zero-order chi connectivity index (χ0) is 7.68. The Kier molecular flexibility index (Phi) is 1.66. The molecular formula is C8H12N2O. The summed E-state index contributed by atoms with van der Waals surface area (Å²) in [5.74, 6) is 0.573. The number of nitrogens with one attached hydrogen (secondary N) is 1. The van der Waals surface area contributed by atoms with E-state index in [1.54, 1.807) is 0 Å². The van der Waals surface area contributed by atoms with Gasteiger partial charge in [0.05, 0.1) is 5.92 Å². The first-order valence-corrected chi connectivity index (χ1v) is 4.02. The molecule has 2 heterocycles. The maximum absolute atomic E-state index is 11.5. The van der Waals surface area contributed by atoms with Crippen molar-refractivity contribution in [3.63, 3.8) is 0 Å². The largest absolute Gasteiger partial charge is 0.335 e. The SMILES string of the molecule is O=C(C1CNC1)N1CC=CC1. The van der Waals surface area contributed by atoms with Crippen LogP contribution in [0.15, 0.2) is 12.2 Å². The molecule has 0 aromatic heterocycles. The van der Waals surface area contributed by atoms with Crippen LogP contribution in [0.2, 0.25) is 0 Å². The van der Waals surface area contributed by atoms with Crippen LogP contribution in [0.25, 0.3) is 0 Å². The second-order valence-corrected chi connectivity index (χ2v) is 3.07. The summed E-state index contributed by atoms with van der Waals surface area (Å²) in [5, 5.41) is 3.10. The van der Waals surface area contributed by atoms with Gasteiger partial charge in [-0.1, -0.05) is 12.2 Å². The predicted octanol–water partition coefficient (Wildman–Crippen LogP) is -0.396. The summed E-state index contributed by atoms with van der Waals surface area (Å²) in [6.45, 7) is 3.37. The van der Waals surface area contributed by atoms with Crippen LogP contribution >= 0.6 is 0 Å². The Bertz CT molecular complexity index is 188. The lowest BCUT2D eigenvalue weighted by atomic mass is 10.0. The Morgan fingerprint density at radius 2 is 2.00 bits per heavy atom. The van der Waals surface area contributed by atoms with E-state index in [9.17, 15) is 4.79 Å². The van der Waals surface area contributed by atoms with Crippen molar-refractivity contribution in [1.82, 2.24) is 10.2 Å². The Balaban J connectivity index is 1.88. The van der Waals surface area contributed by atoms with Gasteiger partial charge in [0, 0.05) is 26.2 Å². The van der Waals surface area contributed by atoms with E-state index < -0.39 is 0 Å². The number of rotatable bonds is 1. The molecule has 60 valence electrons. The Labute approximate surface area is 66.1 Å². The van der Waals surface area contributed by atoms with Gasteiger partial charge in [0.2, 0.25) is 5.91 Å². The van der Waals surface area contributed by atoms with Gasteiger partial charge in [-0.05, 0) is 0 Å². The van der Waals surface area contributed by atoms with E-state index in [1.807, 2.05) is 17.1 Å². The van der Waals surface area contributed by atoms with Crippen LogP contribution in [-0.2, 0) is 4.79 Å². The molecule has 1 N–H and O–H groups in total. The van der Waals surface area contributed by atoms with Gasteiger partial charge < -0.3 is 10.2 Å². The third-order valence-electron chi connectivity index (χ3n) is 2.26. The lowest BCUT2D eigenvalue weighted by Gasteiger charge is -2.29. The third-order valence-corrected chi connectivity index (χ3v) is 2.26. The third kappa shape index (κ3) is 1.16. The van der Waals surface area contributed by atoms with Crippen molar-refractivity contribution in [2.75, 3.05) is 26.2 Å². The summed E-state index contributed by atoms with van der Waals surface area (Å²) < 4.78 is 0. The molecule has 0 bridgehead atoms. The zero-order valence-electron chi connectivity index (χ0n) is 6.42. The molecule has 2 aliphatic heterocycles. The Morgan fingerprint density at radius 3 is 2.45 bits per heavy atom. The molecule has 0 atom stereocenters. The predicted molar refractivity (Wildman–Crippen MR) is 42.1 cm³/mol. The van der Waals surface area contributed by atoms with Gasteiger partial charge >= 0.3 is 0 Å². The second kappa shape index (κ2) is 2.66. The maximum Gasteiger partial charge on any atom is 0.228 e. The fraction of sp³-hybridized carbons (Fsp3) is 0.625. The van der Waals surface area contributed by atoms with Gasteiger partial charge in [-0.15, -0.1) is 0 Å². The van der Waals surface area contributed by atoms with Crippen molar-refractivity contribution in [2.45, 2.75) is 0 Å². The Morgan fingerprint density at radius 1 is 1.36 bits per heavy atom. The zero-order valence-corrected chi connectivity index (χ0v) is 6.42. The average Bonchev–Trinajstić information content (AvgIpc) is 2.32. The minimum Gasteiger partial charge on any atom is -0.335 e. The van der Waals surface area contributed by atoms with Gasteiger partial charge in [-0.2, -0.15) is 0 Å². The fourth-order valence-corrected chi connectivity index (χ4v) is 1.38. The van der Waals surface area contributed by atoms with E-state index in [4.69, 9.17) is 0 Å². The molecule has 3 nitrogen and oxygen atoms in total. The van der Waals surface area contributed by atoms with Crippen LogP contribution in [0.1, 0.15) is 0 Å². The summed E-state index contributed by atoms with van der Waals surface area (Å²) in [4.78, 5) is 13.4. The first-order valence-electron chi connectivity index (χ1n) is 4.02. The van der Waals surface area contributed by atoms with E-state index in [0.717, 1.165) is 26.2 Å². The number of hydrogen-bond acceptors (Lipinski definition) is 2. The smallest absolute Gasteiger partial charge is 0.228 e. The van der Waals surface area contributed by atoms with Crippen molar-refractivity contribution in [3.05, 3.63) is 12.2 Å². The molecule has 3 heteroatoms. The molecular weight excluding hydrogens is 140 g/mol. The van der Waals surface area contributed by atoms with Crippen LogP contribution in [0.4, 0.5) is 0 Å². The monoisotopic (exact) mass is 152 g/mol. The van der Waals surface area contributed by atoms with Crippen LogP contribution in [-0.4, -0.2) is 37.0 Å². The number of amides is 1. The molecule has 2 rings (SSSR count). The molecule has 0 aliphatic carbocycles. The molecule has 0 aromatic rings. The molecule has 0 unspecified atom stereocenters. The highest BCUT2D eigenvalue weighted by Gasteiger charge is 2.28. The topological polar surface area (TPSA) is 32.3 Å².